The molecule has 0 aromatic carbocycles. The fraction of sp³-hybridized carbons (Fsp3) is 0.750. The number of rotatable bonds is 7. The Balaban J connectivity index is 1.63. The largest absolute Gasteiger partial charge is 0.381 e. The van der Waals surface area contributed by atoms with E-state index in [9.17, 15) is 9.59 Å². The molecular formula is C20H32N4O3. The van der Waals surface area contributed by atoms with Gasteiger partial charge in [0.15, 0.2) is 0 Å². The molecule has 1 saturated carbocycles. The van der Waals surface area contributed by atoms with Gasteiger partial charge in [0, 0.05) is 45.0 Å². The molecule has 0 spiro atoms. The van der Waals surface area contributed by atoms with Gasteiger partial charge in [-0.15, -0.1) is 0 Å². The first-order valence-electron chi connectivity index (χ1n) is 10.1. The maximum atomic E-state index is 13.0. The van der Waals surface area contributed by atoms with Gasteiger partial charge in [0.1, 0.15) is 5.69 Å². The third-order valence-electron chi connectivity index (χ3n) is 5.80. The van der Waals surface area contributed by atoms with Crippen molar-refractivity contribution in [2.45, 2.75) is 58.5 Å². The average Bonchev–Trinajstić information content (AvgIpc) is 3.30. The fourth-order valence-corrected chi connectivity index (χ4v) is 3.75. The maximum Gasteiger partial charge on any atom is 0.274 e. The lowest BCUT2D eigenvalue weighted by atomic mass is 10.00. The molecule has 7 heteroatoms. The zero-order valence-electron chi connectivity index (χ0n) is 17.0. The number of hydrogen-bond acceptors (Lipinski definition) is 4. The summed E-state index contributed by atoms with van der Waals surface area (Å²) in [7, 11) is 1.82. The number of likely N-dealkylation sites (tertiary alicyclic amines) is 1. The summed E-state index contributed by atoms with van der Waals surface area (Å²) >= 11 is 0. The van der Waals surface area contributed by atoms with E-state index in [0.717, 1.165) is 32.2 Å². The van der Waals surface area contributed by atoms with E-state index in [-0.39, 0.29) is 29.3 Å². The quantitative estimate of drug-likeness (QED) is 0.733. The van der Waals surface area contributed by atoms with Crippen LogP contribution in [0.15, 0.2) is 12.3 Å². The highest BCUT2D eigenvalue weighted by atomic mass is 16.5. The van der Waals surface area contributed by atoms with Gasteiger partial charge in [-0.1, -0.05) is 0 Å². The van der Waals surface area contributed by atoms with Crippen molar-refractivity contribution >= 4 is 11.8 Å². The molecule has 150 valence electrons. The Morgan fingerprint density at radius 3 is 2.74 bits per heavy atom. The van der Waals surface area contributed by atoms with Crippen LogP contribution in [0.3, 0.4) is 0 Å². The van der Waals surface area contributed by atoms with Gasteiger partial charge < -0.3 is 14.5 Å². The highest BCUT2D eigenvalue weighted by molar-refractivity contribution is 5.92. The third-order valence-corrected chi connectivity index (χ3v) is 5.80. The summed E-state index contributed by atoms with van der Waals surface area (Å²) in [5.74, 6) is 0.120. The zero-order valence-corrected chi connectivity index (χ0v) is 17.0. The van der Waals surface area contributed by atoms with Crippen LogP contribution in [0.25, 0.3) is 0 Å². The topological polar surface area (TPSA) is 67.7 Å². The van der Waals surface area contributed by atoms with E-state index in [4.69, 9.17) is 4.74 Å². The lowest BCUT2D eigenvalue weighted by Crippen LogP contribution is -2.52. The van der Waals surface area contributed by atoms with Gasteiger partial charge >= 0.3 is 0 Å². The molecule has 1 aliphatic carbocycles. The molecule has 1 aromatic rings. The zero-order chi connectivity index (χ0) is 19.6. The van der Waals surface area contributed by atoms with Crippen LogP contribution in [0.1, 0.15) is 63.0 Å². The minimum Gasteiger partial charge on any atom is -0.381 e. The Bertz CT molecular complexity index is 681. The second-order valence-corrected chi connectivity index (χ2v) is 8.16. The second kappa shape index (κ2) is 8.00. The molecule has 1 aromatic heterocycles. The molecule has 0 radical (unpaired) electrons. The molecule has 2 amide bonds. The van der Waals surface area contributed by atoms with Crippen LogP contribution in [-0.4, -0.2) is 70.8 Å². The summed E-state index contributed by atoms with van der Waals surface area (Å²) in [5.41, 5.74) is 0.154. The van der Waals surface area contributed by atoms with Crippen molar-refractivity contribution in [3.05, 3.63) is 18.0 Å². The predicted molar refractivity (Wildman–Crippen MR) is 102 cm³/mol. The normalized spacial score (nSPS) is 21.4. The molecule has 7 nitrogen and oxygen atoms in total. The van der Waals surface area contributed by atoms with Crippen molar-refractivity contribution in [2.24, 2.45) is 5.41 Å². The molecule has 1 saturated heterocycles. The van der Waals surface area contributed by atoms with Crippen molar-refractivity contribution in [2.75, 3.05) is 33.4 Å². The molecule has 2 heterocycles. The molecule has 0 bridgehead atoms. The molecule has 2 aliphatic rings. The van der Waals surface area contributed by atoms with Crippen molar-refractivity contribution in [1.82, 2.24) is 19.6 Å². The Labute approximate surface area is 161 Å². The molecule has 3 rings (SSSR count). The number of nitrogens with zero attached hydrogens (tertiary/aromatic N) is 4. The molecule has 27 heavy (non-hydrogen) atoms. The molecular weight excluding hydrogens is 344 g/mol. The van der Waals surface area contributed by atoms with Crippen molar-refractivity contribution in [1.29, 1.82) is 0 Å². The van der Waals surface area contributed by atoms with Crippen LogP contribution in [0.5, 0.6) is 0 Å². The minimum absolute atomic E-state index is 0.0299. The molecule has 2 fully saturated rings. The average molecular weight is 377 g/mol. The van der Waals surface area contributed by atoms with Crippen molar-refractivity contribution < 1.29 is 14.3 Å². The van der Waals surface area contributed by atoms with Gasteiger partial charge in [-0.2, -0.15) is 5.10 Å². The van der Waals surface area contributed by atoms with Crippen LogP contribution in [-0.2, 0) is 9.53 Å². The number of ether oxygens (including phenoxy) is 1. The lowest BCUT2D eigenvalue weighted by Gasteiger charge is -2.39. The lowest BCUT2D eigenvalue weighted by molar-refractivity contribution is -0.141. The first-order chi connectivity index (χ1) is 12.9. The monoisotopic (exact) mass is 376 g/mol. The SMILES string of the molecule is CCOCC1(C(=O)N2CCCC(N(C)C(=O)c3ccn(C(C)C)n3)C2)CC1. The van der Waals surface area contributed by atoms with Gasteiger partial charge in [-0.3, -0.25) is 14.3 Å². The summed E-state index contributed by atoms with van der Waals surface area (Å²) in [6.45, 7) is 8.55. The standard InChI is InChI=1S/C20H32N4O3/c1-5-27-14-20(9-10-20)19(26)23-11-6-7-16(13-23)22(4)18(25)17-8-12-24(21-17)15(2)3/h8,12,15-16H,5-7,9-11,13-14H2,1-4H3. The van der Waals surface area contributed by atoms with Crippen LogP contribution in [0.4, 0.5) is 0 Å². The van der Waals surface area contributed by atoms with E-state index in [2.05, 4.69) is 5.10 Å². The number of aromatic nitrogens is 2. The first kappa shape index (κ1) is 19.9. The van der Waals surface area contributed by atoms with Gasteiger partial charge in [-0.25, -0.2) is 0 Å². The van der Waals surface area contributed by atoms with Crippen LogP contribution >= 0.6 is 0 Å². The van der Waals surface area contributed by atoms with Crippen LogP contribution in [0.2, 0.25) is 0 Å². The van der Waals surface area contributed by atoms with Gasteiger partial charge in [0.05, 0.1) is 12.0 Å². The summed E-state index contributed by atoms with van der Waals surface area (Å²) in [5, 5.41) is 4.39. The summed E-state index contributed by atoms with van der Waals surface area (Å²) in [6, 6.07) is 2.02. The van der Waals surface area contributed by atoms with Crippen LogP contribution in [0, 0.1) is 5.41 Å². The first-order valence-corrected chi connectivity index (χ1v) is 10.1. The summed E-state index contributed by atoms with van der Waals surface area (Å²) < 4.78 is 7.34. The van der Waals surface area contributed by atoms with E-state index in [1.807, 2.05) is 38.9 Å². The van der Waals surface area contributed by atoms with Gasteiger partial charge in [0.25, 0.3) is 5.91 Å². The number of amides is 2. The number of piperidine rings is 1. The van der Waals surface area contributed by atoms with E-state index in [1.165, 1.54) is 0 Å². The minimum atomic E-state index is -0.309. The number of hydrogen-bond donors (Lipinski definition) is 0. The maximum absolute atomic E-state index is 13.0. The molecule has 1 aliphatic heterocycles. The van der Waals surface area contributed by atoms with E-state index in [1.54, 1.807) is 15.6 Å². The molecule has 0 N–H and O–H groups in total. The molecule has 1 atom stereocenters. The van der Waals surface area contributed by atoms with Crippen molar-refractivity contribution in [3.63, 3.8) is 0 Å². The number of carbonyl (C=O) groups is 2. The van der Waals surface area contributed by atoms with Crippen molar-refractivity contribution in [3.8, 4) is 0 Å². The second-order valence-electron chi connectivity index (χ2n) is 8.16. The fourth-order valence-electron chi connectivity index (χ4n) is 3.75. The third kappa shape index (κ3) is 4.18. The smallest absolute Gasteiger partial charge is 0.274 e. The Morgan fingerprint density at radius 1 is 1.41 bits per heavy atom. The summed E-state index contributed by atoms with van der Waals surface area (Å²) in [4.78, 5) is 29.5. The molecule has 1 unspecified atom stereocenters. The predicted octanol–water partition coefficient (Wildman–Crippen LogP) is 2.34. The highest BCUT2D eigenvalue weighted by Gasteiger charge is 2.52. The van der Waals surface area contributed by atoms with E-state index >= 15 is 0 Å². The number of carbonyl (C=O) groups excluding carboxylic acids is 2. The van der Waals surface area contributed by atoms with Crippen LogP contribution < -0.4 is 0 Å². The van der Waals surface area contributed by atoms with E-state index < -0.39 is 0 Å². The highest BCUT2D eigenvalue weighted by Crippen LogP contribution is 2.47. The van der Waals surface area contributed by atoms with Gasteiger partial charge in [0.2, 0.25) is 5.91 Å². The Hall–Kier alpha value is -1.89. The van der Waals surface area contributed by atoms with Gasteiger partial charge in [-0.05, 0) is 52.5 Å². The van der Waals surface area contributed by atoms with E-state index in [0.29, 0.717) is 25.5 Å². The summed E-state index contributed by atoms with van der Waals surface area (Å²) in [6.07, 6.45) is 5.49. The Morgan fingerprint density at radius 2 is 2.15 bits per heavy atom. The number of likely N-dealkylation sites (N-methyl/N-ethyl adjacent to an activating group) is 1. The Kier molecular flexibility index (Phi) is 5.89.